The van der Waals surface area contributed by atoms with Gasteiger partial charge in [0.05, 0.1) is 0 Å². The molecule has 1 heterocycles. The van der Waals surface area contributed by atoms with E-state index in [9.17, 15) is 4.79 Å². The number of nitrogens with zero attached hydrogens (tertiary/aromatic N) is 1. The molecule has 3 nitrogen and oxygen atoms in total. The molecule has 0 aromatic heterocycles. The smallest absolute Gasteiger partial charge is 0.253 e. The Kier molecular flexibility index (Phi) is 3.68. The second-order valence-corrected chi connectivity index (χ2v) is 6.39. The monoisotopic (exact) mass is 272 g/mol. The molecule has 1 saturated carbocycles. The lowest BCUT2D eigenvalue weighted by molar-refractivity contribution is 0.0672. The van der Waals surface area contributed by atoms with Gasteiger partial charge in [0, 0.05) is 30.9 Å². The van der Waals surface area contributed by atoms with Crippen LogP contribution in [0.4, 0.5) is 5.69 Å². The average Bonchev–Trinajstić information content (AvgIpc) is 2.93. The van der Waals surface area contributed by atoms with Crippen LogP contribution in [0.25, 0.3) is 0 Å². The Morgan fingerprint density at radius 3 is 3.00 bits per heavy atom. The van der Waals surface area contributed by atoms with Gasteiger partial charge in [0.2, 0.25) is 0 Å². The van der Waals surface area contributed by atoms with Crippen molar-refractivity contribution in [1.29, 1.82) is 0 Å². The zero-order chi connectivity index (χ0) is 14.1. The van der Waals surface area contributed by atoms with Crippen molar-refractivity contribution in [3.63, 3.8) is 0 Å². The Hall–Kier alpha value is -1.51. The molecule has 2 aliphatic rings. The van der Waals surface area contributed by atoms with Crippen LogP contribution in [0.2, 0.25) is 0 Å². The van der Waals surface area contributed by atoms with Crippen molar-refractivity contribution >= 4 is 11.6 Å². The Balaban J connectivity index is 1.74. The summed E-state index contributed by atoms with van der Waals surface area (Å²) in [5.74, 6) is 0.923. The molecule has 2 atom stereocenters. The van der Waals surface area contributed by atoms with E-state index in [0.29, 0.717) is 6.04 Å². The van der Waals surface area contributed by atoms with Gasteiger partial charge in [-0.3, -0.25) is 4.79 Å². The molecule has 0 saturated heterocycles. The number of benzene rings is 1. The van der Waals surface area contributed by atoms with Gasteiger partial charge < -0.3 is 10.2 Å². The SMILES string of the molecule is CC1CCCC(N(C)C(=O)c2ccc3c(c2)CCN3)C1. The third-order valence-corrected chi connectivity index (χ3v) is 4.84. The molecule has 0 spiro atoms. The summed E-state index contributed by atoms with van der Waals surface area (Å²) in [6, 6.07) is 6.49. The van der Waals surface area contributed by atoms with Gasteiger partial charge in [-0.15, -0.1) is 0 Å². The number of amides is 1. The van der Waals surface area contributed by atoms with Gasteiger partial charge in [0.15, 0.2) is 0 Å². The zero-order valence-corrected chi connectivity index (χ0v) is 12.5. The van der Waals surface area contributed by atoms with E-state index in [-0.39, 0.29) is 5.91 Å². The van der Waals surface area contributed by atoms with E-state index in [1.807, 2.05) is 24.1 Å². The van der Waals surface area contributed by atoms with E-state index in [2.05, 4.69) is 18.3 Å². The van der Waals surface area contributed by atoms with Crippen LogP contribution >= 0.6 is 0 Å². The predicted octanol–water partition coefficient (Wildman–Crippen LogP) is 3.31. The molecule has 3 heteroatoms. The van der Waals surface area contributed by atoms with Crippen LogP contribution in [-0.2, 0) is 6.42 Å². The largest absolute Gasteiger partial charge is 0.384 e. The summed E-state index contributed by atoms with van der Waals surface area (Å²) in [7, 11) is 1.97. The van der Waals surface area contributed by atoms with Crippen LogP contribution in [0.15, 0.2) is 18.2 Å². The minimum absolute atomic E-state index is 0.179. The fraction of sp³-hybridized carbons (Fsp3) is 0.588. The summed E-state index contributed by atoms with van der Waals surface area (Å²) < 4.78 is 0. The summed E-state index contributed by atoms with van der Waals surface area (Å²) in [6.45, 7) is 3.29. The van der Waals surface area contributed by atoms with Gasteiger partial charge in [-0.2, -0.15) is 0 Å². The van der Waals surface area contributed by atoms with Crippen molar-refractivity contribution in [3.8, 4) is 0 Å². The van der Waals surface area contributed by atoms with E-state index >= 15 is 0 Å². The predicted molar refractivity (Wildman–Crippen MR) is 82.1 cm³/mol. The lowest BCUT2D eigenvalue weighted by Gasteiger charge is -2.34. The normalized spacial score (nSPS) is 24.9. The zero-order valence-electron chi connectivity index (χ0n) is 12.5. The first-order valence-corrected chi connectivity index (χ1v) is 7.79. The number of fused-ring (bicyclic) bond motifs is 1. The number of carbonyl (C=O) groups excluding carboxylic acids is 1. The molecule has 1 N–H and O–H groups in total. The van der Waals surface area contributed by atoms with Gasteiger partial charge >= 0.3 is 0 Å². The molecule has 3 rings (SSSR count). The maximum atomic E-state index is 12.7. The van der Waals surface area contributed by atoms with Gasteiger partial charge in [-0.25, -0.2) is 0 Å². The molecule has 20 heavy (non-hydrogen) atoms. The topological polar surface area (TPSA) is 32.3 Å². The highest BCUT2D eigenvalue weighted by Crippen LogP contribution is 2.28. The second kappa shape index (κ2) is 5.47. The number of hydrogen-bond acceptors (Lipinski definition) is 2. The molecule has 1 aliphatic carbocycles. The molecule has 0 bridgehead atoms. The average molecular weight is 272 g/mol. The molecule has 1 fully saturated rings. The van der Waals surface area contributed by atoms with E-state index in [4.69, 9.17) is 0 Å². The molecule has 1 amide bonds. The minimum atomic E-state index is 0.179. The summed E-state index contributed by atoms with van der Waals surface area (Å²) in [5, 5.41) is 3.34. The molecule has 0 radical (unpaired) electrons. The third kappa shape index (κ3) is 2.54. The quantitative estimate of drug-likeness (QED) is 0.896. The molecular formula is C17H24N2O. The number of rotatable bonds is 2. The fourth-order valence-electron chi connectivity index (χ4n) is 3.56. The first kappa shape index (κ1) is 13.5. The van der Waals surface area contributed by atoms with E-state index in [0.717, 1.165) is 37.3 Å². The highest BCUT2D eigenvalue weighted by molar-refractivity contribution is 5.95. The Labute approximate surface area is 121 Å². The Morgan fingerprint density at radius 2 is 2.20 bits per heavy atom. The van der Waals surface area contributed by atoms with Crippen LogP contribution in [0.5, 0.6) is 0 Å². The maximum absolute atomic E-state index is 12.7. The summed E-state index contributed by atoms with van der Waals surface area (Å²) >= 11 is 0. The van der Waals surface area contributed by atoms with E-state index in [1.54, 1.807) is 0 Å². The number of carbonyl (C=O) groups is 1. The van der Waals surface area contributed by atoms with Crippen molar-refractivity contribution in [2.75, 3.05) is 18.9 Å². The van der Waals surface area contributed by atoms with Gasteiger partial charge in [-0.1, -0.05) is 19.8 Å². The molecular weight excluding hydrogens is 248 g/mol. The first-order valence-electron chi connectivity index (χ1n) is 7.79. The first-order chi connectivity index (χ1) is 9.65. The van der Waals surface area contributed by atoms with Crippen molar-refractivity contribution in [2.45, 2.75) is 45.1 Å². The van der Waals surface area contributed by atoms with Crippen molar-refractivity contribution < 1.29 is 4.79 Å². The van der Waals surface area contributed by atoms with Crippen LogP contribution in [0.1, 0.15) is 48.5 Å². The van der Waals surface area contributed by atoms with Crippen molar-refractivity contribution in [3.05, 3.63) is 29.3 Å². The molecule has 2 unspecified atom stereocenters. The highest BCUT2D eigenvalue weighted by Gasteiger charge is 2.26. The van der Waals surface area contributed by atoms with Crippen molar-refractivity contribution in [1.82, 2.24) is 4.90 Å². The fourth-order valence-corrected chi connectivity index (χ4v) is 3.56. The van der Waals surface area contributed by atoms with Crippen LogP contribution < -0.4 is 5.32 Å². The van der Waals surface area contributed by atoms with Gasteiger partial charge in [0.25, 0.3) is 5.91 Å². The van der Waals surface area contributed by atoms with Crippen LogP contribution in [0.3, 0.4) is 0 Å². The maximum Gasteiger partial charge on any atom is 0.253 e. The summed E-state index contributed by atoms with van der Waals surface area (Å²) in [6.07, 6.45) is 5.88. The third-order valence-electron chi connectivity index (χ3n) is 4.84. The highest BCUT2D eigenvalue weighted by atomic mass is 16.2. The summed E-state index contributed by atoms with van der Waals surface area (Å²) in [4.78, 5) is 14.6. The number of anilines is 1. The Morgan fingerprint density at radius 1 is 1.35 bits per heavy atom. The molecule has 108 valence electrons. The number of nitrogens with one attached hydrogen (secondary N) is 1. The van der Waals surface area contributed by atoms with Crippen LogP contribution in [-0.4, -0.2) is 30.4 Å². The van der Waals surface area contributed by atoms with E-state index in [1.165, 1.54) is 24.1 Å². The van der Waals surface area contributed by atoms with Crippen molar-refractivity contribution in [2.24, 2.45) is 5.92 Å². The standard InChI is InChI=1S/C17H24N2O/c1-12-4-3-5-15(10-12)19(2)17(20)14-6-7-16-13(11-14)8-9-18-16/h6-7,11-12,15,18H,3-5,8-10H2,1-2H3. The summed E-state index contributed by atoms with van der Waals surface area (Å²) in [5.41, 5.74) is 3.31. The van der Waals surface area contributed by atoms with E-state index < -0.39 is 0 Å². The minimum Gasteiger partial charge on any atom is -0.384 e. The van der Waals surface area contributed by atoms with Gasteiger partial charge in [-0.05, 0) is 48.9 Å². The molecule has 1 aromatic carbocycles. The molecule has 1 aliphatic heterocycles. The van der Waals surface area contributed by atoms with Crippen LogP contribution in [0, 0.1) is 5.92 Å². The number of hydrogen-bond donors (Lipinski definition) is 1. The van der Waals surface area contributed by atoms with Gasteiger partial charge in [0.1, 0.15) is 0 Å². The lowest BCUT2D eigenvalue weighted by atomic mass is 9.86. The molecule has 1 aromatic rings. The Bertz CT molecular complexity index is 512. The lowest BCUT2D eigenvalue weighted by Crippen LogP contribution is -2.39. The second-order valence-electron chi connectivity index (χ2n) is 6.39.